The molecule has 0 fully saturated rings. The second-order valence-electron chi connectivity index (χ2n) is 3.97. The number of benzene rings is 1. The summed E-state index contributed by atoms with van der Waals surface area (Å²) in [7, 11) is 1.25. The molecule has 0 bridgehead atoms. The fourth-order valence-electron chi connectivity index (χ4n) is 1.59. The fourth-order valence-corrected chi connectivity index (χ4v) is 1.59. The maximum atomic E-state index is 11.0. The Morgan fingerprint density at radius 3 is 2.40 bits per heavy atom. The van der Waals surface area contributed by atoms with Crippen molar-refractivity contribution >= 4 is 11.7 Å². The molecule has 0 radical (unpaired) electrons. The molecular formula is C14H21NO5. The van der Waals surface area contributed by atoms with Crippen LogP contribution in [0.2, 0.25) is 0 Å². The van der Waals surface area contributed by atoms with Crippen molar-refractivity contribution in [3.8, 4) is 5.75 Å². The second-order valence-corrected chi connectivity index (χ2v) is 3.97. The van der Waals surface area contributed by atoms with Crippen LogP contribution in [0.15, 0.2) is 18.2 Å². The Labute approximate surface area is 118 Å². The molecule has 0 aromatic heterocycles. The van der Waals surface area contributed by atoms with Gasteiger partial charge in [0.05, 0.1) is 17.6 Å². The molecule has 0 saturated carbocycles. The average Bonchev–Trinajstić information content (AvgIpc) is 2.45. The topological polar surface area (TPSA) is 78.7 Å². The molecule has 112 valence electrons. The first kappa shape index (κ1) is 17.9. The Morgan fingerprint density at radius 1 is 1.35 bits per heavy atom. The normalized spacial score (nSPS) is 9.50. The highest BCUT2D eigenvalue weighted by molar-refractivity contribution is 5.71. The number of ether oxygens (including phenoxy) is 2. The van der Waals surface area contributed by atoms with Crippen LogP contribution in [-0.4, -0.2) is 24.6 Å². The molecule has 0 aliphatic carbocycles. The van der Waals surface area contributed by atoms with Crippen molar-refractivity contribution in [2.24, 2.45) is 0 Å². The molecule has 1 aromatic rings. The van der Waals surface area contributed by atoms with Gasteiger partial charge in [0.25, 0.3) is 5.69 Å². The number of nitrogens with zero attached hydrogens (tertiary/aromatic N) is 1. The average molecular weight is 283 g/mol. The summed E-state index contributed by atoms with van der Waals surface area (Å²) in [6.07, 6.45) is 0. The summed E-state index contributed by atoms with van der Waals surface area (Å²) in [5, 5.41) is 10.9. The van der Waals surface area contributed by atoms with E-state index in [1.54, 1.807) is 6.07 Å². The lowest BCUT2D eigenvalue weighted by molar-refractivity contribution is -0.385. The summed E-state index contributed by atoms with van der Waals surface area (Å²) in [5.41, 5.74) is 0.471. The lowest BCUT2D eigenvalue weighted by Crippen LogP contribution is -2.14. The van der Waals surface area contributed by atoms with Crippen LogP contribution in [0.5, 0.6) is 5.75 Å². The van der Waals surface area contributed by atoms with Crippen LogP contribution < -0.4 is 4.74 Å². The largest absolute Gasteiger partial charge is 0.481 e. The Kier molecular flexibility index (Phi) is 7.96. The molecule has 6 heteroatoms. The van der Waals surface area contributed by atoms with Crippen LogP contribution in [0.3, 0.4) is 0 Å². The number of nitro benzene ring substituents is 1. The van der Waals surface area contributed by atoms with Gasteiger partial charge in [0, 0.05) is 6.07 Å². The molecule has 0 amide bonds. The number of hydrogen-bond donors (Lipinski definition) is 0. The zero-order valence-electron chi connectivity index (χ0n) is 12.5. The summed E-state index contributed by atoms with van der Waals surface area (Å²) in [6.45, 7) is 7.39. The van der Waals surface area contributed by atoms with Gasteiger partial charge in [0.2, 0.25) is 0 Å². The van der Waals surface area contributed by atoms with E-state index >= 15 is 0 Å². The summed E-state index contributed by atoms with van der Waals surface area (Å²) in [6, 6.07) is 4.54. The van der Waals surface area contributed by atoms with Crippen molar-refractivity contribution in [2.45, 2.75) is 33.6 Å². The first-order valence-corrected chi connectivity index (χ1v) is 6.44. The highest BCUT2D eigenvalue weighted by Gasteiger charge is 2.21. The molecule has 0 atom stereocenters. The smallest absolute Gasteiger partial charge is 0.343 e. The van der Waals surface area contributed by atoms with E-state index in [2.05, 4.69) is 4.74 Å². The molecular weight excluding hydrogens is 262 g/mol. The number of carbonyl (C=O) groups excluding carboxylic acids is 1. The van der Waals surface area contributed by atoms with Gasteiger partial charge in [-0.15, -0.1) is 0 Å². The molecule has 0 saturated heterocycles. The van der Waals surface area contributed by atoms with Crippen molar-refractivity contribution in [3.05, 3.63) is 33.9 Å². The molecule has 0 N–H and O–H groups in total. The first-order valence-electron chi connectivity index (χ1n) is 6.44. The SMILES string of the molecule is CC.COC(=O)COc1cccc([N+](=O)[O-])c1C(C)C. The predicted octanol–water partition coefficient (Wildman–Crippen LogP) is 3.30. The van der Waals surface area contributed by atoms with Crippen LogP contribution in [-0.2, 0) is 9.53 Å². The third kappa shape index (κ3) is 4.87. The predicted molar refractivity (Wildman–Crippen MR) is 76.0 cm³/mol. The van der Waals surface area contributed by atoms with Crippen molar-refractivity contribution in [2.75, 3.05) is 13.7 Å². The van der Waals surface area contributed by atoms with E-state index in [4.69, 9.17) is 4.74 Å². The van der Waals surface area contributed by atoms with Gasteiger partial charge in [-0.1, -0.05) is 33.8 Å². The van der Waals surface area contributed by atoms with E-state index in [9.17, 15) is 14.9 Å². The minimum absolute atomic E-state index is 0.00707. The molecule has 0 aliphatic heterocycles. The van der Waals surface area contributed by atoms with Crippen molar-refractivity contribution in [3.63, 3.8) is 0 Å². The van der Waals surface area contributed by atoms with Gasteiger partial charge in [0.1, 0.15) is 5.75 Å². The highest BCUT2D eigenvalue weighted by atomic mass is 16.6. The maximum Gasteiger partial charge on any atom is 0.343 e. The van der Waals surface area contributed by atoms with Crippen LogP contribution in [0.4, 0.5) is 5.69 Å². The zero-order valence-corrected chi connectivity index (χ0v) is 12.5. The van der Waals surface area contributed by atoms with E-state index in [1.807, 2.05) is 27.7 Å². The standard InChI is InChI=1S/C12H15NO5.C2H6/c1-8(2)12-9(13(15)16)5-4-6-10(12)18-7-11(14)17-3;1-2/h4-6,8H,7H2,1-3H3;1-2H3. The van der Waals surface area contributed by atoms with Gasteiger partial charge in [0.15, 0.2) is 6.61 Å². The number of nitro groups is 1. The monoisotopic (exact) mass is 283 g/mol. The minimum atomic E-state index is -0.531. The molecule has 0 unspecified atom stereocenters. The van der Waals surface area contributed by atoms with Crippen molar-refractivity contribution < 1.29 is 19.2 Å². The summed E-state index contributed by atoms with van der Waals surface area (Å²) in [4.78, 5) is 21.5. The Hall–Kier alpha value is -2.11. The third-order valence-electron chi connectivity index (χ3n) is 2.39. The molecule has 1 rings (SSSR count). The number of methoxy groups -OCH3 is 1. The number of esters is 1. The molecule has 0 aliphatic rings. The quantitative estimate of drug-likeness (QED) is 0.470. The van der Waals surface area contributed by atoms with Gasteiger partial charge in [-0.2, -0.15) is 0 Å². The summed E-state index contributed by atoms with van der Waals surface area (Å²) >= 11 is 0. The van der Waals surface area contributed by atoms with Crippen LogP contribution in [0, 0.1) is 10.1 Å². The van der Waals surface area contributed by atoms with Crippen LogP contribution in [0.1, 0.15) is 39.2 Å². The van der Waals surface area contributed by atoms with Gasteiger partial charge >= 0.3 is 5.97 Å². The summed E-state index contributed by atoms with van der Waals surface area (Å²) < 4.78 is 9.72. The van der Waals surface area contributed by atoms with Crippen LogP contribution >= 0.6 is 0 Å². The number of carbonyl (C=O) groups is 1. The third-order valence-corrected chi connectivity index (χ3v) is 2.39. The van der Waals surface area contributed by atoms with Gasteiger partial charge < -0.3 is 9.47 Å². The zero-order chi connectivity index (χ0) is 15.7. The minimum Gasteiger partial charge on any atom is -0.481 e. The van der Waals surface area contributed by atoms with Gasteiger partial charge in [-0.05, 0) is 12.0 Å². The molecule has 20 heavy (non-hydrogen) atoms. The Balaban J connectivity index is 0.00000172. The van der Waals surface area contributed by atoms with E-state index in [0.29, 0.717) is 11.3 Å². The first-order chi connectivity index (χ1) is 9.47. The Bertz CT molecular complexity index is 457. The van der Waals surface area contributed by atoms with E-state index < -0.39 is 10.9 Å². The van der Waals surface area contributed by atoms with Gasteiger partial charge in [-0.3, -0.25) is 10.1 Å². The summed E-state index contributed by atoms with van der Waals surface area (Å²) in [5.74, 6) is -0.278. The van der Waals surface area contributed by atoms with E-state index in [1.165, 1.54) is 19.2 Å². The van der Waals surface area contributed by atoms with Crippen LogP contribution in [0.25, 0.3) is 0 Å². The Morgan fingerprint density at radius 2 is 1.95 bits per heavy atom. The van der Waals surface area contributed by atoms with Crippen molar-refractivity contribution in [1.29, 1.82) is 0 Å². The second kappa shape index (κ2) is 8.90. The maximum absolute atomic E-state index is 11.0. The molecule has 0 heterocycles. The van der Waals surface area contributed by atoms with Crippen molar-refractivity contribution in [1.82, 2.24) is 0 Å². The lowest BCUT2D eigenvalue weighted by Gasteiger charge is -2.13. The molecule has 1 aromatic carbocycles. The molecule has 6 nitrogen and oxygen atoms in total. The van der Waals surface area contributed by atoms with E-state index in [-0.39, 0.29) is 18.2 Å². The highest BCUT2D eigenvalue weighted by Crippen LogP contribution is 2.34. The van der Waals surface area contributed by atoms with E-state index in [0.717, 1.165) is 0 Å². The number of hydrogen-bond acceptors (Lipinski definition) is 5. The fraction of sp³-hybridized carbons (Fsp3) is 0.500. The van der Waals surface area contributed by atoms with Gasteiger partial charge in [-0.25, -0.2) is 4.79 Å². The number of rotatable bonds is 5. The molecule has 0 spiro atoms. The lowest BCUT2D eigenvalue weighted by atomic mass is 10.00.